The average molecular weight is 287 g/mol. The number of pyridine rings is 1. The second-order valence-corrected chi connectivity index (χ2v) is 5.94. The molecule has 1 fully saturated rings. The molecule has 1 aliphatic rings. The summed E-state index contributed by atoms with van der Waals surface area (Å²) < 4.78 is 2.08. The molecule has 0 spiro atoms. The molecule has 0 saturated carbocycles. The zero-order valence-corrected chi connectivity index (χ0v) is 13.0. The molecule has 1 N–H and O–H groups in total. The monoisotopic (exact) mass is 287 g/mol. The molecule has 3 heterocycles. The lowest BCUT2D eigenvalue weighted by Crippen LogP contribution is -2.33. The molecule has 1 saturated heterocycles. The molecule has 0 radical (unpaired) electrons. The highest BCUT2D eigenvalue weighted by Gasteiger charge is 2.20. The van der Waals surface area contributed by atoms with Crippen LogP contribution in [0.5, 0.6) is 0 Å². The van der Waals surface area contributed by atoms with Gasteiger partial charge in [-0.05, 0) is 58.0 Å². The Kier molecular flexibility index (Phi) is 4.51. The van der Waals surface area contributed by atoms with E-state index in [1.165, 1.54) is 32.4 Å². The lowest BCUT2D eigenvalue weighted by Gasteiger charge is -2.21. The highest BCUT2D eigenvalue weighted by molar-refractivity contribution is 5.37. The van der Waals surface area contributed by atoms with Crippen LogP contribution in [0.25, 0.3) is 5.65 Å². The Bertz CT molecular complexity index is 579. The summed E-state index contributed by atoms with van der Waals surface area (Å²) in [5.74, 6) is 1.00. The van der Waals surface area contributed by atoms with E-state index in [2.05, 4.69) is 38.7 Å². The predicted octanol–water partition coefficient (Wildman–Crippen LogP) is 2.25. The lowest BCUT2D eigenvalue weighted by molar-refractivity contribution is 0.295. The number of nitrogens with one attached hydrogen (secondary N) is 1. The van der Waals surface area contributed by atoms with E-state index < -0.39 is 0 Å². The molecular formula is C16H25N5. The number of rotatable bonds is 4. The Hall–Kier alpha value is -1.46. The molecule has 3 rings (SSSR count). The second kappa shape index (κ2) is 6.54. The topological polar surface area (TPSA) is 45.5 Å². The van der Waals surface area contributed by atoms with Gasteiger partial charge < -0.3 is 10.2 Å². The number of hydrogen-bond acceptors (Lipinski definition) is 4. The summed E-state index contributed by atoms with van der Waals surface area (Å²) in [7, 11) is 0. The fraction of sp³-hybridized carbons (Fsp3) is 0.625. The number of likely N-dealkylation sites (tertiary alicyclic amines) is 1. The van der Waals surface area contributed by atoms with E-state index in [1.807, 2.05) is 24.4 Å². The summed E-state index contributed by atoms with van der Waals surface area (Å²) in [5.41, 5.74) is 0.916. The summed E-state index contributed by atoms with van der Waals surface area (Å²) in [5, 5.41) is 12.3. The van der Waals surface area contributed by atoms with Crippen molar-refractivity contribution in [1.82, 2.24) is 24.8 Å². The van der Waals surface area contributed by atoms with Crippen LogP contribution in [0, 0.1) is 0 Å². The minimum atomic E-state index is 0.223. The van der Waals surface area contributed by atoms with Gasteiger partial charge in [-0.1, -0.05) is 13.0 Å². The Balaban J connectivity index is 1.67. The molecule has 0 aliphatic carbocycles. The van der Waals surface area contributed by atoms with Gasteiger partial charge in [0.15, 0.2) is 11.5 Å². The van der Waals surface area contributed by atoms with Crippen LogP contribution < -0.4 is 5.32 Å². The first-order valence-electron chi connectivity index (χ1n) is 8.06. The van der Waals surface area contributed by atoms with Crippen molar-refractivity contribution in [2.45, 2.75) is 45.2 Å². The summed E-state index contributed by atoms with van der Waals surface area (Å²) in [6, 6.07) is 6.81. The first kappa shape index (κ1) is 14.5. The molecule has 0 bridgehead atoms. The van der Waals surface area contributed by atoms with Crippen molar-refractivity contribution in [2.24, 2.45) is 0 Å². The summed E-state index contributed by atoms with van der Waals surface area (Å²) >= 11 is 0. The van der Waals surface area contributed by atoms with Crippen molar-refractivity contribution in [2.75, 3.05) is 19.6 Å². The van der Waals surface area contributed by atoms with Crippen LogP contribution in [0.15, 0.2) is 24.4 Å². The van der Waals surface area contributed by atoms with Crippen LogP contribution in [0.2, 0.25) is 0 Å². The van der Waals surface area contributed by atoms with E-state index in [1.54, 1.807) is 0 Å². The highest BCUT2D eigenvalue weighted by atomic mass is 15.3. The van der Waals surface area contributed by atoms with Crippen molar-refractivity contribution in [3.63, 3.8) is 0 Å². The van der Waals surface area contributed by atoms with Crippen molar-refractivity contribution >= 4 is 5.65 Å². The van der Waals surface area contributed by atoms with Crippen molar-refractivity contribution < 1.29 is 0 Å². The molecule has 21 heavy (non-hydrogen) atoms. The molecule has 5 nitrogen and oxygen atoms in total. The molecule has 2 aromatic heterocycles. The number of nitrogens with zero attached hydrogens (tertiary/aromatic N) is 4. The van der Waals surface area contributed by atoms with Gasteiger partial charge in [-0.2, -0.15) is 0 Å². The van der Waals surface area contributed by atoms with Gasteiger partial charge in [0.25, 0.3) is 0 Å². The van der Waals surface area contributed by atoms with Gasteiger partial charge in [-0.25, -0.2) is 0 Å². The van der Waals surface area contributed by atoms with E-state index in [4.69, 9.17) is 0 Å². The number of hydrogen-bond donors (Lipinski definition) is 1. The van der Waals surface area contributed by atoms with Gasteiger partial charge in [0.1, 0.15) is 0 Å². The van der Waals surface area contributed by atoms with Crippen molar-refractivity contribution in [3.8, 4) is 0 Å². The zero-order chi connectivity index (χ0) is 14.7. The quantitative estimate of drug-likeness (QED) is 0.937. The van der Waals surface area contributed by atoms with E-state index >= 15 is 0 Å². The Morgan fingerprint density at radius 2 is 2.19 bits per heavy atom. The summed E-state index contributed by atoms with van der Waals surface area (Å²) in [4.78, 5) is 2.54. The smallest absolute Gasteiger partial charge is 0.160 e. The largest absolute Gasteiger partial charge is 0.305 e. The molecule has 114 valence electrons. The maximum Gasteiger partial charge on any atom is 0.160 e. The molecular weight excluding hydrogens is 262 g/mol. The van der Waals surface area contributed by atoms with Crippen LogP contribution >= 0.6 is 0 Å². The Morgan fingerprint density at radius 3 is 3.05 bits per heavy atom. The third-order valence-corrected chi connectivity index (χ3v) is 4.48. The van der Waals surface area contributed by atoms with Crippen molar-refractivity contribution in [3.05, 3.63) is 30.2 Å². The van der Waals surface area contributed by atoms with Crippen LogP contribution in [0.1, 0.15) is 45.0 Å². The molecule has 0 amide bonds. The van der Waals surface area contributed by atoms with Crippen LogP contribution in [-0.2, 0) is 0 Å². The van der Waals surface area contributed by atoms with Gasteiger partial charge in [0.05, 0.1) is 6.04 Å². The standard InChI is InChI=1S/C16H25N5/c1-3-20-10-6-7-14(9-12-20)17-13(2)16-19-18-15-8-4-5-11-21(15)16/h4-5,8,11,13-14,17H,3,6-7,9-10,12H2,1-2H3. The first-order chi connectivity index (χ1) is 10.3. The Labute approximate surface area is 126 Å². The van der Waals surface area contributed by atoms with Gasteiger partial charge >= 0.3 is 0 Å². The van der Waals surface area contributed by atoms with E-state index in [0.29, 0.717) is 6.04 Å². The molecule has 0 aromatic carbocycles. The normalized spacial score (nSPS) is 22.3. The minimum absolute atomic E-state index is 0.223. The minimum Gasteiger partial charge on any atom is -0.305 e. The van der Waals surface area contributed by atoms with Gasteiger partial charge in [-0.15, -0.1) is 10.2 Å². The number of aromatic nitrogens is 3. The summed E-state index contributed by atoms with van der Waals surface area (Å²) in [6.45, 7) is 8.03. The fourth-order valence-electron chi connectivity index (χ4n) is 3.22. The third-order valence-electron chi connectivity index (χ3n) is 4.48. The van der Waals surface area contributed by atoms with Crippen LogP contribution in [0.4, 0.5) is 0 Å². The fourth-order valence-corrected chi connectivity index (χ4v) is 3.22. The van der Waals surface area contributed by atoms with Crippen molar-refractivity contribution in [1.29, 1.82) is 0 Å². The van der Waals surface area contributed by atoms with E-state index in [-0.39, 0.29) is 6.04 Å². The molecule has 5 heteroatoms. The van der Waals surface area contributed by atoms with E-state index in [9.17, 15) is 0 Å². The molecule has 2 unspecified atom stereocenters. The predicted molar refractivity (Wildman–Crippen MR) is 84.3 cm³/mol. The highest BCUT2D eigenvalue weighted by Crippen LogP contribution is 2.17. The SMILES string of the molecule is CCN1CCCC(NC(C)c2nnc3ccccn23)CC1. The summed E-state index contributed by atoms with van der Waals surface area (Å²) in [6.07, 6.45) is 5.78. The molecule has 2 atom stereocenters. The van der Waals surface area contributed by atoms with Gasteiger partial charge in [-0.3, -0.25) is 4.40 Å². The van der Waals surface area contributed by atoms with Gasteiger partial charge in [0.2, 0.25) is 0 Å². The van der Waals surface area contributed by atoms with Crippen LogP contribution in [-0.4, -0.2) is 45.2 Å². The maximum atomic E-state index is 4.36. The van der Waals surface area contributed by atoms with Crippen LogP contribution in [0.3, 0.4) is 0 Å². The molecule has 2 aromatic rings. The van der Waals surface area contributed by atoms with Gasteiger partial charge in [0, 0.05) is 12.2 Å². The molecule has 1 aliphatic heterocycles. The first-order valence-corrected chi connectivity index (χ1v) is 8.06. The zero-order valence-electron chi connectivity index (χ0n) is 13.0. The maximum absolute atomic E-state index is 4.36. The van der Waals surface area contributed by atoms with E-state index in [0.717, 1.165) is 18.0 Å². The second-order valence-electron chi connectivity index (χ2n) is 5.94. The number of fused-ring (bicyclic) bond motifs is 1. The average Bonchev–Trinajstić information content (AvgIpc) is 2.81. The third kappa shape index (κ3) is 3.24. The lowest BCUT2D eigenvalue weighted by atomic mass is 10.1. The Morgan fingerprint density at radius 1 is 1.29 bits per heavy atom.